The number of methoxy groups -OCH3 is 1. The van der Waals surface area contributed by atoms with Crippen molar-refractivity contribution in [2.75, 3.05) is 24.4 Å². The molecule has 0 aliphatic heterocycles. The smallest absolute Gasteiger partial charge is 0.328 e. The van der Waals surface area contributed by atoms with Crippen molar-refractivity contribution in [1.29, 1.82) is 0 Å². The first-order valence-corrected chi connectivity index (χ1v) is 7.21. The van der Waals surface area contributed by atoms with E-state index in [1.165, 1.54) is 18.9 Å². The number of carbonyl (C=O) groups excluding carboxylic acids is 1. The van der Waals surface area contributed by atoms with Gasteiger partial charge in [-0.2, -0.15) is 0 Å². The van der Waals surface area contributed by atoms with Crippen LogP contribution in [0.2, 0.25) is 0 Å². The number of carbonyl (C=O) groups is 1. The van der Waals surface area contributed by atoms with Crippen molar-refractivity contribution < 1.29 is 9.53 Å². The lowest BCUT2D eigenvalue weighted by Gasteiger charge is -2.19. The van der Waals surface area contributed by atoms with Crippen LogP contribution in [0.25, 0.3) is 0 Å². The number of nitrogens with two attached hydrogens (primary N) is 1. The zero-order chi connectivity index (χ0) is 14.4. The van der Waals surface area contributed by atoms with Crippen molar-refractivity contribution in [1.82, 2.24) is 9.97 Å². The predicted octanol–water partition coefficient (Wildman–Crippen LogP) is 1.78. The van der Waals surface area contributed by atoms with Crippen LogP contribution in [0.3, 0.4) is 0 Å². The highest BCUT2D eigenvalue weighted by molar-refractivity contribution is 7.98. The molecule has 0 fully saturated rings. The Balaban J connectivity index is 2.89. The lowest BCUT2D eigenvalue weighted by atomic mass is 10.0. The maximum Gasteiger partial charge on any atom is 0.328 e. The summed E-state index contributed by atoms with van der Waals surface area (Å²) in [5, 5.41) is 3.62. The van der Waals surface area contributed by atoms with Gasteiger partial charge in [-0.1, -0.05) is 25.6 Å². The Labute approximate surface area is 117 Å². The van der Waals surface area contributed by atoms with E-state index in [1.54, 1.807) is 6.07 Å². The first-order chi connectivity index (χ1) is 8.96. The molecule has 6 nitrogen and oxygen atoms in total. The molecule has 1 aromatic rings. The van der Waals surface area contributed by atoms with Gasteiger partial charge in [0.05, 0.1) is 7.11 Å². The van der Waals surface area contributed by atoms with E-state index < -0.39 is 6.04 Å². The van der Waals surface area contributed by atoms with E-state index in [9.17, 15) is 4.79 Å². The Bertz CT molecular complexity index is 440. The van der Waals surface area contributed by atoms with Crippen molar-refractivity contribution in [3.63, 3.8) is 0 Å². The summed E-state index contributed by atoms with van der Waals surface area (Å²) >= 11 is 1.39. The SMILES string of the molecule is COC(=O)C(CC(C)C)Nc1cc(N)nc(SC)n1. The van der Waals surface area contributed by atoms with Crippen LogP contribution < -0.4 is 11.1 Å². The minimum atomic E-state index is -0.436. The highest BCUT2D eigenvalue weighted by Gasteiger charge is 2.21. The summed E-state index contributed by atoms with van der Waals surface area (Å²) in [4.78, 5) is 20.1. The number of esters is 1. The second kappa shape index (κ2) is 7.18. The third-order valence-corrected chi connectivity index (χ3v) is 2.97. The van der Waals surface area contributed by atoms with Crippen LogP contribution in [0, 0.1) is 5.92 Å². The van der Waals surface area contributed by atoms with Gasteiger partial charge < -0.3 is 15.8 Å². The van der Waals surface area contributed by atoms with Crippen molar-refractivity contribution in [3.8, 4) is 0 Å². The van der Waals surface area contributed by atoms with E-state index in [1.807, 2.05) is 20.1 Å². The zero-order valence-electron chi connectivity index (χ0n) is 11.6. The first kappa shape index (κ1) is 15.6. The lowest BCUT2D eigenvalue weighted by Crippen LogP contribution is -2.32. The number of nitrogen functional groups attached to an aromatic ring is 1. The van der Waals surface area contributed by atoms with Gasteiger partial charge in [0.25, 0.3) is 0 Å². The molecule has 0 saturated carbocycles. The number of aromatic nitrogens is 2. The molecule has 0 amide bonds. The molecule has 0 radical (unpaired) electrons. The second-order valence-electron chi connectivity index (χ2n) is 4.51. The topological polar surface area (TPSA) is 90.1 Å². The number of nitrogens with one attached hydrogen (secondary N) is 1. The van der Waals surface area contributed by atoms with Crippen molar-refractivity contribution >= 4 is 29.4 Å². The molecule has 0 saturated heterocycles. The van der Waals surface area contributed by atoms with E-state index in [0.717, 1.165) is 0 Å². The molecule has 1 aromatic heterocycles. The van der Waals surface area contributed by atoms with Crippen LogP contribution in [-0.4, -0.2) is 35.3 Å². The summed E-state index contributed by atoms with van der Waals surface area (Å²) in [5.74, 6) is 0.954. The number of rotatable bonds is 6. The monoisotopic (exact) mass is 284 g/mol. The number of ether oxygens (including phenoxy) is 1. The average Bonchev–Trinajstić information content (AvgIpc) is 2.35. The molecule has 0 bridgehead atoms. The Morgan fingerprint density at radius 2 is 2.21 bits per heavy atom. The molecule has 1 unspecified atom stereocenters. The Kier molecular flexibility index (Phi) is 5.88. The molecule has 1 atom stereocenters. The Morgan fingerprint density at radius 1 is 1.53 bits per heavy atom. The van der Waals surface area contributed by atoms with Gasteiger partial charge in [0.15, 0.2) is 5.16 Å². The molecule has 0 aromatic carbocycles. The number of hydrogen-bond acceptors (Lipinski definition) is 7. The van der Waals surface area contributed by atoms with Gasteiger partial charge in [0, 0.05) is 6.07 Å². The molecule has 0 spiro atoms. The van der Waals surface area contributed by atoms with Crippen molar-refractivity contribution in [2.45, 2.75) is 31.5 Å². The Hall–Kier alpha value is -1.50. The number of hydrogen-bond donors (Lipinski definition) is 2. The van der Waals surface area contributed by atoms with E-state index in [4.69, 9.17) is 10.5 Å². The minimum absolute atomic E-state index is 0.309. The summed E-state index contributed by atoms with van der Waals surface area (Å²) in [7, 11) is 1.37. The zero-order valence-corrected chi connectivity index (χ0v) is 12.5. The quantitative estimate of drug-likeness (QED) is 0.467. The molecule has 0 aliphatic carbocycles. The largest absolute Gasteiger partial charge is 0.467 e. The summed E-state index contributed by atoms with van der Waals surface area (Å²) < 4.78 is 4.79. The molecule has 0 aliphatic rings. The highest BCUT2D eigenvalue weighted by Crippen LogP contribution is 2.18. The van der Waals surface area contributed by atoms with Gasteiger partial charge in [0.2, 0.25) is 0 Å². The van der Waals surface area contributed by atoms with Crippen molar-refractivity contribution in [2.24, 2.45) is 5.92 Å². The minimum Gasteiger partial charge on any atom is -0.467 e. The third-order valence-electron chi connectivity index (χ3n) is 2.42. The van der Waals surface area contributed by atoms with Gasteiger partial charge >= 0.3 is 5.97 Å². The van der Waals surface area contributed by atoms with E-state index in [-0.39, 0.29) is 5.97 Å². The van der Waals surface area contributed by atoms with Gasteiger partial charge in [-0.05, 0) is 18.6 Å². The fourth-order valence-corrected chi connectivity index (χ4v) is 2.00. The molecular weight excluding hydrogens is 264 g/mol. The Morgan fingerprint density at radius 3 is 2.74 bits per heavy atom. The molecular formula is C12H20N4O2S. The summed E-state index contributed by atoms with van der Waals surface area (Å²) in [6.07, 6.45) is 2.52. The average molecular weight is 284 g/mol. The first-order valence-electron chi connectivity index (χ1n) is 5.99. The third kappa shape index (κ3) is 4.94. The molecule has 1 rings (SSSR count). The normalized spacial score (nSPS) is 12.3. The predicted molar refractivity (Wildman–Crippen MR) is 77.1 cm³/mol. The van der Waals surface area contributed by atoms with Crippen LogP contribution in [0.4, 0.5) is 11.6 Å². The van der Waals surface area contributed by atoms with Crippen molar-refractivity contribution in [3.05, 3.63) is 6.07 Å². The number of nitrogens with zero attached hydrogens (tertiary/aromatic N) is 2. The van der Waals surface area contributed by atoms with Crippen LogP contribution in [-0.2, 0) is 9.53 Å². The van der Waals surface area contributed by atoms with E-state index in [0.29, 0.717) is 29.1 Å². The van der Waals surface area contributed by atoms with Gasteiger partial charge in [-0.25, -0.2) is 14.8 Å². The van der Waals surface area contributed by atoms with E-state index in [2.05, 4.69) is 15.3 Å². The lowest BCUT2D eigenvalue weighted by molar-refractivity contribution is -0.141. The highest BCUT2D eigenvalue weighted by atomic mass is 32.2. The second-order valence-corrected chi connectivity index (χ2v) is 5.29. The fourth-order valence-electron chi connectivity index (χ4n) is 1.61. The van der Waals surface area contributed by atoms with Crippen LogP contribution in [0.5, 0.6) is 0 Å². The molecule has 7 heteroatoms. The number of thioether (sulfide) groups is 1. The maximum atomic E-state index is 11.7. The van der Waals surface area contributed by atoms with Gasteiger partial charge in [-0.3, -0.25) is 0 Å². The van der Waals surface area contributed by atoms with E-state index >= 15 is 0 Å². The van der Waals surface area contributed by atoms with Gasteiger partial charge in [-0.15, -0.1) is 0 Å². The van der Waals surface area contributed by atoms with Gasteiger partial charge in [0.1, 0.15) is 17.7 Å². The summed E-state index contributed by atoms with van der Waals surface area (Å²) in [6, 6.07) is 1.17. The van der Waals surface area contributed by atoms with Crippen LogP contribution in [0.1, 0.15) is 20.3 Å². The maximum absolute atomic E-state index is 11.7. The summed E-state index contributed by atoms with van der Waals surface area (Å²) in [6.45, 7) is 4.08. The molecule has 3 N–H and O–H groups in total. The fraction of sp³-hybridized carbons (Fsp3) is 0.583. The number of anilines is 2. The van der Waals surface area contributed by atoms with Crippen LogP contribution >= 0.6 is 11.8 Å². The molecule has 1 heterocycles. The molecule has 106 valence electrons. The standard InChI is InChI=1S/C12H20N4O2S/c1-7(2)5-8(11(17)18-3)14-10-6-9(13)15-12(16-10)19-4/h6-8H,5H2,1-4H3,(H3,13,14,15,16). The molecule has 19 heavy (non-hydrogen) atoms. The summed E-state index contributed by atoms with van der Waals surface area (Å²) in [5.41, 5.74) is 5.70. The van der Waals surface area contributed by atoms with Crippen LogP contribution in [0.15, 0.2) is 11.2 Å².